The molecule has 0 radical (unpaired) electrons. The molecule has 0 aliphatic rings. The lowest BCUT2D eigenvalue weighted by Gasteiger charge is -2.15. The van der Waals surface area contributed by atoms with Crippen LogP contribution < -0.4 is 5.73 Å². The lowest BCUT2D eigenvalue weighted by molar-refractivity contribution is -0.143. The third-order valence-electron chi connectivity index (χ3n) is 2.88. The monoisotopic (exact) mass is 391 g/mol. The van der Waals surface area contributed by atoms with Gasteiger partial charge in [-0.15, -0.1) is 0 Å². The highest BCUT2D eigenvalue weighted by Gasteiger charge is 2.13. The van der Waals surface area contributed by atoms with Crippen molar-refractivity contribution >= 4 is 37.8 Å². The predicted octanol–water partition coefficient (Wildman–Crippen LogP) is 4.25. The summed E-state index contributed by atoms with van der Waals surface area (Å²) in [5.74, 6) is -0.154. The van der Waals surface area contributed by atoms with E-state index in [0.717, 1.165) is 32.9 Å². The SMILES string of the molecule is CCOC(=O)CCCC(N)c1cc(Br)c(C)cc1Br. The number of benzene rings is 1. The highest BCUT2D eigenvalue weighted by Crippen LogP contribution is 2.30. The second-order valence-electron chi connectivity index (χ2n) is 4.43. The van der Waals surface area contributed by atoms with Crippen molar-refractivity contribution in [3.8, 4) is 0 Å². The van der Waals surface area contributed by atoms with E-state index in [9.17, 15) is 4.79 Å². The quantitative estimate of drug-likeness (QED) is 0.736. The fraction of sp³-hybridized carbons (Fsp3) is 0.500. The summed E-state index contributed by atoms with van der Waals surface area (Å²) in [4.78, 5) is 11.2. The Labute approximate surface area is 131 Å². The molecule has 0 bridgehead atoms. The minimum absolute atomic E-state index is 0.0827. The van der Waals surface area contributed by atoms with Crippen LogP contribution in [-0.2, 0) is 9.53 Å². The first kappa shape index (κ1) is 16.7. The number of nitrogens with two attached hydrogens (primary N) is 1. The van der Waals surface area contributed by atoms with Crippen molar-refractivity contribution in [2.45, 2.75) is 39.2 Å². The molecule has 106 valence electrons. The normalized spacial score (nSPS) is 12.3. The number of carbonyl (C=O) groups is 1. The van der Waals surface area contributed by atoms with E-state index in [-0.39, 0.29) is 12.0 Å². The van der Waals surface area contributed by atoms with Crippen molar-refractivity contribution in [1.29, 1.82) is 0 Å². The lowest BCUT2D eigenvalue weighted by Crippen LogP contribution is -2.12. The van der Waals surface area contributed by atoms with Crippen LogP contribution in [0.25, 0.3) is 0 Å². The number of hydrogen-bond acceptors (Lipinski definition) is 3. The molecule has 0 saturated heterocycles. The maximum absolute atomic E-state index is 11.2. The van der Waals surface area contributed by atoms with Gasteiger partial charge in [0.1, 0.15) is 0 Å². The van der Waals surface area contributed by atoms with E-state index in [2.05, 4.69) is 31.9 Å². The van der Waals surface area contributed by atoms with Crippen molar-refractivity contribution in [1.82, 2.24) is 0 Å². The van der Waals surface area contributed by atoms with Gasteiger partial charge in [0.05, 0.1) is 6.61 Å². The number of esters is 1. The Hall–Kier alpha value is -0.390. The van der Waals surface area contributed by atoms with Gasteiger partial charge in [-0.25, -0.2) is 0 Å². The molecule has 0 amide bonds. The van der Waals surface area contributed by atoms with Crippen LogP contribution in [0.2, 0.25) is 0 Å². The Morgan fingerprint density at radius 3 is 2.68 bits per heavy atom. The summed E-state index contributed by atoms with van der Waals surface area (Å²) in [6.07, 6.45) is 1.91. The van der Waals surface area contributed by atoms with E-state index in [4.69, 9.17) is 10.5 Å². The molecule has 0 saturated carbocycles. The second-order valence-corrected chi connectivity index (χ2v) is 6.14. The Morgan fingerprint density at radius 2 is 2.05 bits per heavy atom. The van der Waals surface area contributed by atoms with Gasteiger partial charge in [-0.05, 0) is 49.9 Å². The molecule has 1 unspecified atom stereocenters. The summed E-state index contributed by atoms with van der Waals surface area (Å²) >= 11 is 7.05. The molecule has 5 heteroatoms. The van der Waals surface area contributed by atoms with Gasteiger partial charge in [0.15, 0.2) is 0 Å². The molecule has 0 aliphatic heterocycles. The fourth-order valence-electron chi connectivity index (χ4n) is 1.80. The molecular weight excluding hydrogens is 374 g/mol. The molecule has 0 spiro atoms. The number of aryl methyl sites for hydroxylation is 1. The molecule has 0 heterocycles. The van der Waals surface area contributed by atoms with E-state index < -0.39 is 0 Å². The van der Waals surface area contributed by atoms with E-state index in [1.54, 1.807) is 0 Å². The minimum atomic E-state index is -0.154. The number of ether oxygens (including phenoxy) is 1. The maximum atomic E-state index is 11.2. The second kappa shape index (κ2) is 8.02. The van der Waals surface area contributed by atoms with Crippen LogP contribution in [-0.4, -0.2) is 12.6 Å². The zero-order valence-electron chi connectivity index (χ0n) is 11.2. The Kier molecular flexibility index (Phi) is 7.04. The summed E-state index contributed by atoms with van der Waals surface area (Å²) < 4.78 is 6.95. The smallest absolute Gasteiger partial charge is 0.305 e. The summed E-state index contributed by atoms with van der Waals surface area (Å²) in [6, 6.07) is 4.00. The summed E-state index contributed by atoms with van der Waals surface area (Å²) in [7, 11) is 0. The molecular formula is C14H19Br2NO2. The molecule has 1 rings (SSSR count). The molecule has 2 N–H and O–H groups in total. The van der Waals surface area contributed by atoms with Crippen LogP contribution in [0, 0.1) is 6.92 Å². The third kappa shape index (κ3) is 5.24. The number of hydrogen-bond donors (Lipinski definition) is 1. The van der Waals surface area contributed by atoms with Gasteiger partial charge in [-0.1, -0.05) is 31.9 Å². The first-order valence-corrected chi connectivity index (χ1v) is 7.91. The van der Waals surface area contributed by atoms with Crippen LogP contribution >= 0.6 is 31.9 Å². The topological polar surface area (TPSA) is 52.3 Å². The molecule has 1 aromatic rings. The van der Waals surface area contributed by atoms with Gasteiger partial charge >= 0.3 is 5.97 Å². The molecule has 0 aliphatic carbocycles. The molecule has 0 fully saturated rings. The van der Waals surface area contributed by atoms with Crippen molar-refractivity contribution in [3.63, 3.8) is 0 Å². The highest BCUT2D eigenvalue weighted by atomic mass is 79.9. The van der Waals surface area contributed by atoms with E-state index in [1.165, 1.54) is 0 Å². The van der Waals surface area contributed by atoms with Crippen LogP contribution in [0.5, 0.6) is 0 Å². The molecule has 3 nitrogen and oxygen atoms in total. The molecule has 19 heavy (non-hydrogen) atoms. The first-order valence-electron chi connectivity index (χ1n) is 6.32. The third-order valence-corrected chi connectivity index (χ3v) is 4.42. The number of carbonyl (C=O) groups excluding carboxylic acids is 1. The average Bonchev–Trinajstić information content (AvgIpc) is 2.34. The van der Waals surface area contributed by atoms with Crippen LogP contribution in [0.4, 0.5) is 0 Å². The first-order chi connectivity index (χ1) is 8.95. The van der Waals surface area contributed by atoms with Crippen LogP contribution in [0.1, 0.15) is 43.4 Å². The maximum Gasteiger partial charge on any atom is 0.305 e. The van der Waals surface area contributed by atoms with Crippen molar-refractivity contribution < 1.29 is 9.53 Å². The fourth-order valence-corrected chi connectivity index (χ4v) is 2.91. The van der Waals surface area contributed by atoms with Crippen LogP contribution in [0.15, 0.2) is 21.1 Å². The zero-order chi connectivity index (χ0) is 14.4. The van der Waals surface area contributed by atoms with E-state index in [1.807, 2.05) is 26.0 Å². The minimum Gasteiger partial charge on any atom is -0.466 e. The molecule has 1 atom stereocenters. The summed E-state index contributed by atoms with van der Waals surface area (Å²) in [5.41, 5.74) is 8.39. The van der Waals surface area contributed by atoms with Crippen LogP contribution in [0.3, 0.4) is 0 Å². The van der Waals surface area contributed by atoms with Crippen molar-refractivity contribution in [3.05, 3.63) is 32.2 Å². The largest absolute Gasteiger partial charge is 0.466 e. The van der Waals surface area contributed by atoms with Gasteiger partial charge in [0, 0.05) is 21.4 Å². The van der Waals surface area contributed by atoms with Gasteiger partial charge in [0.2, 0.25) is 0 Å². The van der Waals surface area contributed by atoms with Gasteiger partial charge in [0.25, 0.3) is 0 Å². The summed E-state index contributed by atoms with van der Waals surface area (Å²) in [6.45, 7) is 4.27. The van der Waals surface area contributed by atoms with Crippen molar-refractivity contribution in [2.24, 2.45) is 5.73 Å². The van der Waals surface area contributed by atoms with Gasteiger partial charge < -0.3 is 10.5 Å². The summed E-state index contributed by atoms with van der Waals surface area (Å²) in [5, 5.41) is 0. The number of rotatable bonds is 6. The van der Waals surface area contributed by atoms with Crippen molar-refractivity contribution in [2.75, 3.05) is 6.61 Å². The average molecular weight is 393 g/mol. The predicted molar refractivity (Wildman–Crippen MR) is 84.0 cm³/mol. The Balaban J connectivity index is 2.56. The Morgan fingerprint density at radius 1 is 1.37 bits per heavy atom. The van der Waals surface area contributed by atoms with Gasteiger partial charge in [-0.3, -0.25) is 4.79 Å². The standard InChI is InChI=1S/C14H19Br2NO2/c1-3-19-14(18)6-4-5-13(17)10-8-11(15)9(2)7-12(10)16/h7-8,13H,3-6,17H2,1-2H3. The Bertz CT molecular complexity index is 449. The zero-order valence-corrected chi connectivity index (χ0v) is 14.4. The lowest BCUT2D eigenvalue weighted by atomic mass is 10.0. The molecule has 0 aromatic heterocycles. The molecule has 1 aromatic carbocycles. The van der Waals surface area contributed by atoms with Gasteiger partial charge in [-0.2, -0.15) is 0 Å². The van der Waals surface area contributed by atoms with E-state index >= 15 is 0 Å². The van der Waals surface area contributed by atoms with E-state index in [0.29, 0.717) is 13.0 Å². The number of halogens is 2. The highest BCUT2D eigenvalue weighted by molar-refractivity contribution is 9.11.